The Labute approximate surface area is 145 Å². The molecule has 25 heavy (non-hydrogen) atoms. The number of hydrogen-bond donors (Lipinski definition) is 4. The first-order valence-corrected chi connectivity index (χ1v) is 8.18. The van der Waals surface area contributed by atoms with Gasteiger partial charge in [0.2, 0.25) is 5.91 Å². The van der Waals surface area contributed by atoms with E-state index in [2.05, 4.69) is 10.3 Å². The van der Waals surface area contributed by atoms with Crippen LogP contribution in [0.1, 0.15) is 34.2 Å². The number of aliphatic hydroxyl groups excluding tert-OH is 1. The van der Waals surface area contributed by atoms with Crippen molar-refractivity contribution in [1.82, 2.24) is 20.1 Å². The number of carbonyl (C=O) groups excluding carboxylic acids is 3. The van der Waals surface area contributed by atoms with Gasteiger partial charge in [0.05, 0.1) is 17.7 Å². The van der Waals surface area contributed by atoms with Crippen LogP contribution in [0.5, 0.6) is 0 Å². The van der Waals surface area contributed by atoms with Gasteiger partial charge in [-0.3, -0.25) is 19.3 Å². The average molecular weight is 349 g/mol. The highest BCUT2D eigenvalue weighted by atomic mass is 16.3. The number of β-amino-alcohol motifs (C(OH)–C–C–N with tert-alkyl or cyclic N) is 1. The number of aliphatic hydroxyl groups is 1. The molecule has 9 heteroatoms. The van der Waals surface area contributed by atoms with E-state index in [0.717, 1.165) is 0 Å². The van der Waals surface area contributed by atoms with Crippen molar-refractivity contribution < 1.29 is 19.5 Å². The lowest BCUT2D eigenvalue weighted by atomic mass is 9.93. The number of likely N-dealkylation sites (N-methyl/N-ethyl adjacent to an activating group) is 1. The van der Waals surface area contributed by atoms with Crippen molar-refractivity contribution in [1.29, 1.82) is 0 Å². The van der Waals surface area contributed by atoms with Gasteiger partial charge in [-0.1, -0.05) is 0 Å². The molecule has 3 amide bonds. The van der Waals surface area contributed by atoms with Crippen molar-refractivity contribution in [2.75, 3.05) is 26.7 Å². The first-order valence-electron chi connectivity index (χ1n) is 8.18. The van der Waals surface area contributed by atoms with Gasteiger partial charge in [0.1, 0.15) is 11.2 Å². The minimum Gasteiger partial charge on any atom is -0.392 e. The Kier molecular flexibility index (Phi) is 4.29. The maximum atomic E-state index is 12.7. The van der Waals surface area contributed by atoms with E-state index in [0.29, 0.717) is 31.6 Å². The van der Waals surface area contributed by atoms with E-state index in [9.17, 15) is 19.5 Å². The fourth-order valence-corrected chi connectivity index (χ4v) is 3.46. The van der Waals surface area contributed by atoms with Gasteiger partial charge in [-0.25, -0.2) is 0 Å². The lowest BCUT2D eigenvalue weighted by molar-refractivity contribution is -0.146. The monoisotopic (exact) mass is 349 g/mol. The maximum Gasteiger partial charge on any atom is 0.265 e. The summed E-state index contributed by atoms with van der Waals surface area (Å²) >= 11 is 0. The minimum atomic E-state index is -0.703. The van der Waals surface area contributed by atoms with Crippen LogP contribution in [-0.2, 0) is 4.79 Å². The molecule has 0 saturated carbocycles. The van der Waals surface area contributed by atoms with Gasteiger partial charge in [-0.05, 0) is 20.0 Å². The minimum absolute atomic E-state index is 0.0327. The molecule has 0 spiro atoms. The van der Waals surface area contributed by atoms with E-state index in [4.69, 9.17) is 5.73 Å². The molecule has 1 aromatic heterocycles. The molecule has 1 aromatic rings. The van der Waals surface area contributed by atoms with Gasteiger partial charge in [-0.2, -0.15) is 0 Å². The Balaban J connectivity index is 1.53. The van der Waals surface area contributed by atoms with Crippen LogP contribution in [0.3, 0.4) is 0 Å². The third-order valence-electron chi connectivity index (χ3n) is 5.14. The number of hydrogen-bond acceptors (Lipinski definition) is 5. The number of nitrogens with two attached hydrogens (primary N) is 1. The Morgan fingerprint density at radius 2 is 2.04 bits per heavy atom. The molecule has 2 fully saturated rings. The summed E-state index contributed by atoms with van der Waals surface area (Å²) in [5.74, 6) is -0.981. The topological polar surface area (TPSA) is 132 Å². The molecule has 0 radical (unpaired) electrons. The largest absolute Gasteiger partial charge is 0.392 e. The molecule has 2 unspecified atom stereocenters. The molecular weight excluding hydrogens is 326 g/mol. The number of nitrogens with one attached hydrogen (secondary N) is 2. The van der Waals surface area contributed by atoms with Crippen LogP contribution in [0.2, 0.25) is 0 Å². The van der Waals surface area contributed by atoms with Crippen molar-refractivity contribution in [3.63, 3.8) is 0 Å². The Bertz CT molecular complexity index is 711. The highest BCUT2D eigenvalue weighted by Crippen LogP contribution is 2.31. The maximum absolute atomic E-state index is 12.7. The van der Waals surface area contributed by atoms with Crippen LogP contribution < -0.4 is 11.1 Å². The quantitative estimate of drug-likeness (QED) is 0.526. The number of aromatic nitrogens is 1. The molecule has 2 aliphatic rings. The predicted molar refractivity (Wildman–Crippen MR) is 88.8 cm³/mol. The second-order valence-electron chi connectivity index (χ2n) is 7.06. The number of nitrogens with zero attached hydrogens (tertiary/aromatic N) is 2. The molecule has 2 atom stereocenters. The summed E-state index contributed by atoms with van der Waals surface area (Å²) in [5.41, 5.74) is 4.94. The van der Waals surface area contributed by atoms with Crippen molar-refractivity contribution in [3.05, 3.63) is 23.5 Å². The highest BCUT2D eigenvalue weighted by Gasteiger charge is 2.49. The molecule has 2 aliphatic heterocycles. The van der Waals surface area contributed by atoms with Crippen LogP contribution in [0.15, 0.2) is 12.3 Å². The number of carbonyl (C=O) groups is 3. The molecule has 0 aliphatic carbocycles. The Morgan fingerprint density at radius 1 is 1.36 bits per heavy atom. The third-order valence-corrected chi connectivity index (χ3v) is 5.14. The van der Waals surface area contributed by atoms with Gasteiger partial charge >= 0.3 is 0 Å². The van der Waals surface area contributed by atoms with Crippen molar-refractivity contribution in [2.24, 2.45) is 5.73 Å². The number of rotatable bonds is 4. The molecule has 9 nitrogen and oxygen atoms in total. The molecule has 136 valence electrons. The first-order chi connectivity index (χ1) is 11.7. The van der Waals surface area contributed by atoms with Crippen LogP contribution in [0.25, 0.3) is 0 Å². The second-order valence-corrected chi connectivity index (χ2v) is 7.06. The van der Waals surface area contributed by atoms with Gasteiger partial charge in [0.15, 0.2) is 0 Å². The summed E-state index contributed by atoms with van der Waals surface area (Å²) in [6.07, 6.45) is 1.34. The predicted octanol–water partition coefficient (Wildman–Crippen LogP) is -1.49. The summed E-state index contributed by atoms with van der Waals surface area (Å²) in [6, 6.07) is 1.26. The van der Waals surface area contributed by atoms with Crippen molar-refractivity contribution in [2.45, 2.75) is 31.0 Å². The summed E-state index contributed by atoms with van der Waals surface area (Å²) in [4.78, 5) is 42.1. The lowest BCUT2D eigenvalue weighted by Crippen LogP contribution is -2.66. The van der Waals surface area contributed by atoms with E-state index >= 15 is 0 Å². The summed E-state index contributed by atoms with van der Waals surface area (Å²) in [5, 5.41) is 12.6. The highest BCUT2D eigenvalue weighted by molar-refractivity contribution is 5.98. The fourth-order valence-electron chi connectivity index (χ4n) is 3.46. The molecule has 0 bridgehead atoms. The van der Waals surface area contributed by atoms with Crippen LogP contribution in [-0.4, -0.2) is 82.0 Å². The van der Waals surface area contributed by atoms with Crippen molar-refractivity contribution >= 4 is 17.7 Å². The zero-order valence-corrected chi connectivity index (χ0v) is 14.3. The standard InChI is InChI=1S/C16H23N5O4/c1-16(4-11(22)8-20(16)2)15(25)21-6-10(7-21)19-14(24)9-3-12(13(17)23)18-5-9/h3,5,10-11,18,22H,4,6-8H2,1-2H3,(H2,17,23)(H,19,24). The number of primary amides is 1. The fraction of sp³-hybridized carbons (Fsp3) is 0.562. The number of likely N-dealkylation sites (tertiary alicyclic amines) is 2. The Morgan fingerprint density at radius 3 is 2.56 bits per heavy atom. The van der Waals surface area contributed by atoms with Crippen LogP contribution in [0.4, 0.5) is 0 Å². The van der Waals surface area contributed by atoms with E-state index in [1.807, 2.05) is 18.9 Å². The number of aromatic amines is 1. The molecule has 5 N–H and O–H groups in total. The summed E-state index contributed by atoms with van der Waals surface area (Å²) in [7, 11) is 1.83. The van der Waals surface area contributed by atoms with Gasteiger partial charge in [0.25, 0.3) is 11.8 Å². The summed E-state index contributed by atoms with van der Waals surface area (Å²) < 4.78 is 0. The smallest absolute Gasteiger partial charge is 0.265 e. The first kappa shape index (κ1) is 17.4. The third kappa shape index (κ3) is 3.12. The summed E-state index contributed by atoms with van der Waals surface area (Å²) in [6.45, 7) is 3.17. The van der Waals surface area contributed by atoms with Gasteiger partial charge in [0, 0.05) is 32.3 Å². The molecule has 2 saturated heterocycles. The zero-order chi connectivity index (χ0) is 18.4. The van der Waals surface area contributed by atoms with Crippen LogP contribution in [0, 0.1) is 0 Å². The van der Waals surface area contributed by atoms with E-state index < -0.39 is 17.6 Å². The lowest BCUT2D eigenvalue weighted by Gasteiger charge is -2.44. The van der Waals surface area contributed by atoms with Crippen LogP contribution >= 0.6 is 0 Å². The van der Waals surface area contributed by atoms with Crippen molar-refractivity contribution in [3.8, 4) is 0 Å². The molecule has 0 aromatic carbocycles. The van der Waals surface area contributed by atoms with E-state index in [1.54, 1.807) is 4.90 Å². The number of amides is 3. The van der Waals surface area contributed by atoms with Gasteiger partial charge < -0.3 is 26.0 Å². The second kappa shape index (κ2) is 6.16. The van der Waals surface area contributed by atoms with Gasteiger partial charge in [-0.15, -0.1) is 0 Å². The molecule has 3 rings (SSSR count). The normalized spacial score (nSPS) is 27.2. The SMILES string of the molecule is CN1CC(O)CC1(C)C(=O)N1CC(NC(=O)c2c[nH]c(C(N)=O)c2)C1. The van der Waals surface area contributed by atoms with E-state index in [-0.39, 0.29) is 23.6 Å². The number of H-pyrrole nitrogens is 1. The zero-order valence-electron chi connectivity index (χ0n) is 14.3. The van der Waals surface area contributed by atoms with E-state index in [1.165, 1.54) is 12.3 Å². The average Bonchev–Trinajstić information content (AvgIpc) is 3.08. The molecule has 3 heterocycles. The molecular formula is C16H23N5O4. The Hall–Kier alpha value is -2.39.